The van der Waals surface area contributed by atoms with E-state index in [0.717, 1.165) is 0 Å². The van der Waals surface area contributed by atoms with Gasteiger partial charge in [0.25, 0.3) is 0 Å². The zero-order chi connectivity index (χ0) is 4.50. The third kappa shape index (κ3) is 541. The zero-order valence-corrected chi connectivity index (χ0v) is 5.44. The maximum Gasteiger partial charge on any atom is 2.00 e. The van der Waals surface area contributed by atoms with Gasteiger partial charge in [0.05, 0.1) is 0 Å². The smallest absolute Gasteiger partial charge is 0.759 e. The second-order valence-corrected chi connectivity index (χ2v) is 1.22. The van der Waals surface area contributed by atoms with Crippen LogP contribution >= 0.6 is 0 Å². The van der Waals surface area contributed by atoms with E-state index in [0.29, 0.717) is 0 Å². The Labute approximate surface area is 54.9 Å². The first-order valence-electron chi connectivity index (χ1n) is 0.667. The fourth-order valence-electron chi connectivity index (χ4n) is 0. The summed E-state index contributed by atoms with van der Waals surface area (Å²) in [7, 11) is -5.17. The van der Waals surface area contributed by atoms with Crippen LogP contribution in [-0.2, 0) is 30.8 Å². The SMILES string of the molecule is N.O=S(=O)([O-])[O-].[Pd+2]. The molecule has 0 radical (unpaired) electrons. The molecule has 0 aromatic rings. The molecule has 0 saturated carbocycles. The Morgan fingerprint density at radius 2 is 1.14 bits per heavy atom. The van der Waals surface area contributed by atoms with E-state index in [9.17, 15) is 0 Å². The Morgan fingerprint density at radius 3 is 1.14 bits per heavy atom. The van der Waals surface area contributed by atoms with Gasteiger partial charge in [0, 0.05) is 10.4 Å². The molecule has 0 aliphatic rings. The van der Waals surface area contributed by atoms with Crippen molar-refractivity contribution in [3.63, 3.8) is 0 Å². The van der Waals surface area contributed by atoms with Crippen molar-refractivity contribution < 1.29 is 37.9 Å². The maximum absolute atomic E-state index is 8.52. The van der Waals surface area contributed by atoms with Gasteiger partial charge < -0.3 is 15.3 Å². The molecule has 0 aromatic carbocycles. The topological polar surface area (TPSA) is 115 Å². The quantitative estimate of drug-likeness (QED) is 0.313. The molecule has 0 atom stereocenters. The first-order chi connectivity index (χ1) is 2.00. The van der Waals surface area contributed by atoms with Crippen molar-refractivity contribution in [1.82, 2.24) is 6.15 Å². The zero-order valence-electron chi connectivity index (χ0n) is 3.06. The van der Waals surface area contributed by atoms with Crippen LogP contribution in [0.5, 0.6) is 0 Å². The molecule has 3 N–H and O–H groups in total. The summed E-state index contributed by atoms with van der Waals surface area (Å²) in [6.07, 6.45) is 0. The largest absolute Gasteiger partial charge is 2.00 e. The van der Waals surface area contributed by atoms with Crippen LogP contribution in [0.3, 0.4) is 0 Å². The van der Waals surface area contributed by atoms with Gasteiger partial charge in [-0.3, -0.25) is 8.42 Å². The van der Waals surface area contributed by atoms with Gasteiger partial charge in [-0.25, -0.2) is 0 Å². The maximum atomic E-state index is 8.52. The number of hydrogen-bond acceptors (Lipinski definition) is 5. The van der Waals surface area contributed by atoms with Gasteiger partial charge >= 0.3 is 20.4 Å². The fourth-order valence-corrected chi connectivity index (χ4v) is 0. The minimum absolute atomic E-state index is 0. The second-order valence-electron chi connectivity index (χ2n) is 0.408. The predicted molar refractivity (Wildman–Crippen MR) is 15.5 cm³/mol. The summed E-state index contributed by atoms with van der Waals surface area (Å²) in [5, 5.41) is 0. The third-order valence-electron chi connectivity index (χ3n) is 0. The van der Waals surface area contributed by atoms with E-state index in [4.69, 9.17) is 17.5 Å². The van der Waals surface area contributed by atoms with E-state index >= 15 is 0 Å². The molecule has 0 unspecified atom stereocenters. The molecule has 48 valence electrons. The van der Waals surface area contributed by atoms with Crippen LogP contribution in [0.1, 0.15) is 0 Å². The molecular formula is H3NO4PdS. The van der Waals surface area contributed by atoms with Gasteiger partial charge in [-0.1, -0.05) is 0 Å². The Bertz CT molecular complexity index is 94.9. The van der Waals surface area contributed by atoms with E-state index in [1.165, 1.54) is 0 Å². The molecule has 0 bridgehead atoms. The first kappa shape index (κ1) is 15.6. The van der Waals surface area contributed by atoms with Crippen LogP contribution in [0.2, 0.25) is 0 Å². The summed E-state index contributed by atoms with van der Waals surface area (Å²) in [4.78, 5) is 0. The fraction of sp³-hybridized carbons (Fsp3) is 0. The van der Waals surface area contributed by atoms with Gasteiger partial charge in [-0.15, -0.1) is 0 Å². The summed E-state index contributed by atoms with van der Waals surface area (Å²) in [6.45, 7) is 0. The monoisotopic (exact) mass is 219 g/mol. The van der Waals surface area contributed by atoms with E-state index in [1.807, 2.05) is 0 Å². The standard InChI is InChI=1S/H3N.H2O4S.Pd/c;1-5(2,3)4;/h1H3;(H2,1,2,3,4);/q;;+2/p-2. The minimum atomic E-state index is -5.17. The van der Waals surface area contributed by atoms with Gasteiger partial charge in [0.2, 0.25) is 0 Å². The second kappa shape index (κ2) is 4.65. The van der Waals surface area contributed by atoms with Crippen LogP contribution in [0, 0.1) is 0 Å². The summed E-state index contributed by atoms with van der Waals surface area (Å²) in [6, 6.07) is 0. The summed E-state index contributed by atoms with van der Waals surface area (Å²) >= 11 is 0. The van der Waals surface area contributed by atoms with E-state index in [2.05, 4.69) is 0 Å². The molecule has 0 spiro atoms. The number of rotatable bonds is 0. The third-order valence-corrected chi connectivity index (χ3v) is 0. The van der Waals surface area contributed by atoms with E-state index < -0.39 is 10.4 Å². The van der Waals surface area contributed by atoms with Gasteiger partial charge in [-0.05, 0) is 0 Å². The predicted octanol–water partition coefficient (Wildman–Crippen LogP) is -1.18. The Hall–Kier alpha value is 0.492. The van der Waals surface area contributed by atoms with Crippen molar-refractivity contribution in [2.75, 3.05) is 0 Å². The van der Waals surface area contributed by atoms with Crippen molar-refractivity contribution in [2.24, 2.45) is 0 Å². The van der Waals surface area contributed by atoms with E-state index in [1.54, 1.807) is 0 Å². The van der Waals surface area contributed by atoms with Crippen LogP contribution in [-0.4, -0.2) is 17.5 Å². The molecule has 0 aliphatic carbocycles. The van der Waals surface area contributed by atoms with Gasteiger partial charge in [0.1, 0.15) is 0 Å². The van der Waals surface area contributed by atoms with Crippen molar-refractivity contribution in [3.05, 3.63) is 0 Å². The molecule has 0 fully saturated rings. The first-order valence-corrected chi connectivity index (χ1v) is 2.00. The van der Waals surface area contributed by atoms with Crippen molar-refractivity contribution in [2.45, 2.75) is 0 Å². The Morgan fingerprint density at radius 1 is 1.14 bits per heavy atom. The molecule has 0 rings (SSSR count). The van der Waals surface area contributed by atoms with Crippen LogP contribution < -0.4 is 6.15 Å². The van der Waals surface area contributed by atoms with E-state index in [-0.39, 0.29) is 26.6 Å². The molecule has 0 amide bonds. The van der Waals surface area contributed by atoms with Crippen LogP contribution in [0.4, 0.5) is 0 Å². The molecule has 5 nitrogen and oxygen atoms in total. The normalized spacial score (nSPS) is 8.29. The Kier molecular flexibility index (Phi) is 10.4. The average Bonchev–Trinajstić information content (AvgIpc) is 0.722. The summed E-state index contributed by atoms with van der Waals surface area (Å²) in [5.41, 5.74) is 0. The van der Waals surface area contributed by atoms with Gasteiger partial charge in [-0.2, -0.15) is 0 Å². The average molecular weight is 220 g/mol. The minimum Gasteiger partial charge on any atom is -0.759 e. The molecule has 7 heavy (non-hydrogen) atoms. The molecule has 0 aromatic heterocycles. The number of hydrogen-bond donors (Lipinski definition) is 1. The Balaban J connectivity index is -0.0000000800. The van der Waals surface area contributed by atoms with Gasteiger partial charge in [0.15, 0.2) is 0 Å². The van der Waals surface area contributed by atoms with Crippen molar-refractivity contribution >= 4 is 10.4 Å². The molecule has 0 aliphatic heterocycles. The summed E-state index contributed by atoms with van der Waals surface area (Å²) < 4.78 is 34.1. The molecule has 0 saturated heterocycles. The molecule has 0 heterocycles. The molecular weight excluding hydrogens is 216 g/mol. The van der Waals surface area contributed by atoms with Crippen LogP contribution in [0.15, 0.2) is 0 Å². The van der Waals surface area contributed by atoms with Crippen molar-refractivity contribution in [1.29, 1.82) is 0 Å². The van der Waals surface area contributed by atoms with Crippen molar-refractivity contribution in [3.8, 4) is 0 Å². The van der Waals surface area contributed by atoms with Crippen LogP contribution in [0.25, 0.3) is 0 Å². The summed E-state index contributed by atoms with van der Waals surface area (Å²) in [5.74, 6) is 0. The molecule has 7 heteroatoms.